The van der Waals surface area contributed by atoms with E-state index >= 15 is 0 Å². The zero-order chi connectivity index (χ0) is 13.0. The van der Waals surface area contributed by atoms with Gasteiger partial charge in [-0.1, -0.05) is 12.8 Å². The molecule has 2 rings (SSSR count). The fourth-order valence-electron chi connectivity index (χ4n) is 2.46. The maximum atomic E-state index is 12.1. The lowest BCUT2D eigenvalue weighted by molar-refractivity contribution is 0.0912. The molecule has 1 amide bonds. The van der Waals surface area contributed by atoms with E-state index in [0.717, 1.165) is 18.6 Å². The molecular formula is C13H20N2O2S. The van der Waals surface area contributed by atoms with Crippen molar-refractivity contribution in [1.29, 1.82) is 0 Å². The third kappa shape index (κ3) is 3.03. The van der Waals surface area contributed by atoms with E-state index in [1.54, 1.807) is 13.2 Å². The molecule has 2 unspecified atom stereocenters. The van der Waals surface area contributed by atoms with Gasteiger partial charge >= 0.3 is 0 Å². The van der Waals surface area contributed by atoms with Crippen molar-refractivity contribution in [2.24, 2.45) is 11.7 Å². The number of hydrogen-bond donors (Lipinski definition) is 2. The van der Waals surface area contributed by atoms with Gasteiger partial charge in [-0.3, -0.25) is 4.79 Å². The minimum atomic E-state index is -0.00588. The van der Waals surface area contributed by atoms with Crippen molar-refractivity contribution in [3.63, 3.8) is 0 Å². The Hall–Kier alpha value is -1.07. The largest absolute Gasteiger partial charge is 0.496 e. The van der Waals surface area contributed by atoms with Crippen molar-refractivity contribution in [3.8, 4) is 5.75 Å². The quantitative estimate of drug-likeness (QED) is 0.878. The topological polar surface area (TPSA) is 64.3 Å². The summed E-state index contributed by atoms with van der Waals surface area (Å²) in [6.07, 6.45) is 4.56. The molecule has 0 aliphatic heterocycles. The van der Waals surface area contributed by atoms with Gasteiger partial charge in [-0.25, -0.2) is 0 Å². The molecule has 1 heterocycles. The Morgan fingerprint density at radius 1 is 1.56 bits per heavy atom. The molecule has 1 fully saturated rings. The number of nitrogens with one attached hydrogen (secondary N) is 1. The second-order valence-corrected chi connectivity index (χ2v) is 5.62. The normalized spacial score (nSPS) is 23.7. The van der Waals surface area contributed by atoms with Crippen LogP contribution in [-0.2, 0) is 0 Å². The van der Waals surface area contributed by atoms with Gasteiger partial charge in [0.2, 0.25) is 0 Å². The third-order valence-electron chi connectivity index (χ3n) is 3.56. The molecule has 0 saturated heterocycles. The number of amides is 1. The van der Waals surface area contributed by atoms with Crippen LogP contribution >= 0.6 is 11.3 Å². The van der Waals surface area contributed by atoms with Crippen molar-refractivity contribution >= 4 is 17.2 Å². The van der Waals surface area contributed by atoms with Crippen LogP contribution in [0.2, 0.25) is 0 Å². The van der Waals surface area contributed by atoms with Crippen LogP contribution in [0.1, 0.15) is 35.4 Å². The summed E-state index contributed by atoms with van der Waals surface area (Å²) in [7, 11) is 1.61. The van der Waals surface area contributed by atoms with E-state index in [-0.39, 0.29) is 11.9 Å². The maximum absolute atomic E-state index is 12.1. The zero-order valence-electron chi connectivity index (χ0n) is 10.6. The van der Waals surface area contributed by atoms with E-state index < -0.39 is 0 Å². The minimum absolute atomic E-state index is 0.00588. The van der Waals surface area contributed by atoms with Crippen LogP contribution in [0, 0.1) is 5.92 Å². The summed E-state index contributed by atoms with van der Waals surface area (Å²) in [4.78, 5) is 12.8. The van der Waals surface area contributed by atoms with E-state index in [1.807, 2.05) is 5.38 Å². The molecule has 18 heavy (non-hydrogen) atoms. The molecule has 1 saturated carbocycles. The van der Waals surface area contributed by atoms with Gasteiger partial charge in [0.15, 0.2) is 0 Å². The van der Waals surface area contributed by atoms with Crippen molar-refractivity contribution in [2.45, 2.75) is 31.7 Å². The molecule has 3 N–H and O–H groups in total. The molecule has 0 aromatic carbocycles. The third-order valence-corrected chi connectivity index (χ3v) is 4.47. The first kappa shape index (κ1) is 13.4. The summed E-state index contributed by atoms with van der Waals surface area (Å²) in [6, 6.07) is 2.00. The maximum Gasteiger partial charge on any atom is 0.261 e. The van der Waals surface area contributed by atoms with Gasteiger partial charge in [0.25, 0.3) is 5.91 Å². The standard InChI is InChI=1S/C13H20N2O2S/c1-17-10-6-12(18-8-10)13(16)15-11-5-3-2-4-9(11)7-14/h6,8-9,11H,2-5,7,14H2,1H3,(H,15,16). The van der Waals surface area contributed by atoms with Crippen LogP contribution in [0.3, 0.4) is 0 Å². The van der Waals surface area contributed by atoms with E-state index in [1.165, 1.54) is 24.2 Å². The molecule has 100 valence electrons. The first-order valence-corrected chi connectivity index (χ1v) is 7.26. The molecule has 1 aromatic rings. The van der Waals surface area contributed by atoms with Crippen LogP contribution in [-0.4, -0.2) is 25.6 Å². The Bertz CT molecular complexity index is 405. The molecule has 1 aliphatic carbocycles. The average molecular weight is 268 g/mol. The average Bonchev–Trinajstić information content (AvgIpc) is 2.88. The Morgan fingerprint density at radius 2 is 2.33 bits per heavy atom. The Balaban J connectivity index is 1.97. The summed E-state index contributed by atoms with van der Waals surface area (Å²) in [5.74, 6) is 1.15. The SMILES string of the molecule is COc1csc(C(=O)NC2CCCCC2CN)c1. The fourth-order valence-corrected chi connectivity index (χ4v) is 3.22. The lowest BCUT2D eigenvalue weighted by Crippen LogP contribution is -2.44. The van der Waals surface area contributed by atoms with Crippen molar-refractivity contribution in [1.82, 2.24) is 5.32 Å². The molecule has 1 aromatic heterocycles. The van der Waals surface area contributed by atoms with Gasteiger partial charge in [-0.2, -0.15) is 0 Å². The number of nitrogens with two attached hydrogens (primary N) is 1. The van der Waals surface area contributed by atoms with E-state index in [2.05, 4.69) is 5.32 Å². The van der Waals surface area contributed by atoms with Crippen LogP contribution in [0.4, 0.5) is 0 Å². The van der Waals surface area contributed by atoms with Crippen LogP contribution in [0.25, 0.3) is 0 Å². The minimum Gasteiger partial charge on any atom is -0.496 e. The van der Waals surface area contributed by atoms with Crippen molar-refractivity contribution in [2.75, 3.05) is 13.7 Å². The summed E-state index contributed by atoms with van der Waals surface area (Å²) in [5, 5.41) is 4.95. The van der Waals surface area contributed by atoms with Crippen LogP contribution in [0.5, 0.6) is 5.75 Å². The molecular weight excluding hydrogens is 248 g/mol. The van der Waals surface area contributed by atoms with Gasteiger partial charge in [0.1, 0.15) is 5.75 Å². The predicted octanol–water partition coefficient (Wildman–Crippen LogP) is 2.00. The lowest BCUT2D eigenvalue weighted by atomic mass is 9.84. The highest BCUT2D eigenvalue weighted by atomic mass is 32.1. The molecule has 0 radical (unpaired) electrons. The zero-order valence-corrected chi connectivity index (χ0v) is 11.5. The van der Waals surface area contributed by atoms with Gasteiger partial charge in [-0.05, 0) is 25.3 Å². The van der Waals surface area contributed by atoms with Crippen LogP contribution in [0.15, 0.2) is 11.4 Å². The summed E-state index contributed by atoms with van der Waals surface area (Å²) in [6.45, 7) is 0.651. The van der Waals surface area contributed by atoms with Crippen LogP contribution < -0.4 is 15.8 Å². The Morgan fingerprint density at radius 3 is 3.00 bits per heavy atom. The van der Waals surface area contributed by atoms with E-state index in [0.29, 0.717) is 17.3 Å². The Kier molecular flexibility index (Phi) is 4.60. The van der Waals surface area contributed by atoms with Gasteiger partial charge in [0.05, 0.1) is 12.0 Å². The second kappa shape index (κ2) is 6.20. The highest BCUT2D eigenvalue weighted by Crippen LogP contribution is 2.25. The highest BCUT2D eigenvalue weighted by molar-refractivity contribution is 7.12. The molecule has 1 aliphatic rings. The fraction of sp³-hybridized carbons (Fsp3) is 0.615. The van der Waals surface area contributed by atoms with Gasteiger partial charge in [0, 0.05) is 17.5 Å². The summed E-state index contributed by atoms with van der Waals surface area (Å²) < 4.78 is 5.09. The number of carbonyl (C=O) groups excluding carboxylic acids is 1. The van der Waals surface area contributed by atoms with Crippen molar-refractivity contribution in [3.05, 3.63) is 16.3 Å². The lowest BCUT2D eigenvalue weighted by Gasteiger charge is -2.31. The summed E-state index contributed by atoms with van der Waals surface area (Å²) >= 11 is 1.41. The predicted molar refractivity (Wildman–Crippen MR) is 73.1 cm³/mol. The highest BCUT2D eigenvalue weighted by Gasteiger charge is 2.26. The number of carbonyl (C=O) groups is 1. The molecule has 4 nitrogen and oxygen atoms in total. The second-order valence-electron chi connectivity index (χ2n) is 4.71. The smallest absolute Gasteiger partial charge is 0.261 e. The number of hydrogen-bond acceptors (Lipinski definition) is 4. The monoisotopic (exact) mass is 268 g/mol. The molecule has 0 spiro atoms. The first-order chi connectivity index (χ1) is 8.74. The number of thiophene rings is 1. The first-order valence-electron chi connectivity index (χ1n) is 6.38. The molecule has 5 heteroatoms. The molecule has 2 atom stereocenters. The summed E-state index contributed by atoms with van der Waals surface area (Å²) in [5.41, 5.74) is 5.76. The molecule has 0 bridgehead atoms. The number of ether oxygens (including phenoxy) is 1. The number of rotatable bonds is 4. The van der Waals surface area contributed by atoms with E-state index in [9.17, 15) is 4.79 Å². The van der Waals surface area contributed by atoms with Gasteiger partial charge in [-0.15, -0.1) is 11.3 Å². The number of methoxy groups -OCH3 is 1. The van der Waals surface area contributed by atoms with Crippen molar-refractivity contribution < 1.29 is 9.53 Å². The van der Waals surface area contributed by atoms with E-state index in [4.69, 9.17) is 10.5 Å². The van der Waals surface area contributed by atoms with Gasteiger partial charge < -0.3 is 15.8 Å². The Labute approximate surface area is 112 Å².